The molecule has 3 heterocycles. The molecule has 32 heavy (non-hydrogen) atoms. The van der Waals surface area contributed by atoms with Gasteiger partial charge in [0.1, 0.15) is 5.82 Å². The van der Waals surface area contributed by atoms with E-state index in [9.17, 15) is 4.39 Å². The first-order valence-electron chi connectivity index (χ1n) is 10.2. The highest BCUT2D eigenvalue weighted by atomic mass is 35.5. The molecule has 10 heteroatoms. The third-order valence-corrected chi connectivity index (χ3v) is 6.42. The Bertz CT molecular complexity index is 1210. The van der Waals surface area contributed by atoms with E-state index >= 15 is 0 Å². The van der Waals surface area contributed by atoms with Crippen LogP contribution in [0.15, 0.2) is 58.2 Å². The van der Waals surface area contributed by atoms with Gasteiger partial charge in [0.2, 0.25) is 11.7 Å². The molecule has 0 saturated carbocycles. The SMILES string of the molecule is Fc1ccc(-c2nnc(SCc3nc(-c4ccccc4Cl)no3)n2C[C@H]2CCCO2)cc1. The van der Waals surface area contributed by atoms with E-state index in [0.717, 1.165) is 25.0 Å². The maximum absolute atomic E-state index is 13.4. The van der Waals surface area contributed by atoms with Crippen LogP contribution in [0.3, 0.4) is 0 Å². The molecule has 2 aromatic carbocycles. The highest BCUT2D eigenvalue weighted by molar-refractivity contribution is 7.98. The van der Waals surface area contributed by atoms with E-state index in [-0.39, 0.29) is 11.9 Å². The second kappa shape index (κ2) is 9.40. The van der Waals surface area contributed by atoms with Crippen LogP contribution in [0.5, 0.6) is 0 Å². The van der Waals surface area contributed by atoms with Crippen LogP contribution >= 0.6 is 23.4 Å². The molecular formula is C22H19ClFN5O2S. The van der Waals surface area contributed by atoms with Gasteiger partial charge in [-0.05, 0) is 49.2 Å². The topological polar surface area (TPSA) is 78.9 Å². The van der Waals surface area contributed by atoms with Crippen molar-refractivity contribution in [3.05, 3.63) is 65.3 Å². The summed E-state index contributed by atoms with van der Waals surface area (Å²) in [7, 11) is 0. The Morgan fingerprint density at radius 2 is 1.97 bits per heavy atom. The molecule has 1 saturated heterocycles. The fourth-order valence-corrected chi connectivity index (χ4v) is 4.56. The summed E-state index contributed by atoms with van der Waals surface area (Å²) in [6.45, 7) is 1.38. The quantitative estimate of drug-likeness (QED) is 0.340. The van der Waals surface area contributed by atoms with Crippen LogP contribution in [-0.2, 0) is 17.0 Å². The molecule has 2 aromatic heterocycles. The van der Waals surface area contributed by atoms with Gasteiger partial charge in [-0.2, -0.15) is 4.98 Å². The van der Waals surface area contributed by atoms with Crippen molar-refractivity contribution in [3.8, 4) is 22.8 Å². The summed E-state index contributed by atoms with van der Waals surface area (Å²) >= 11 is 7.68. The van der Waals surface area contributed by atoms with E-state index in [1.165, 1.54) is 23.9 Å². The molecule has 1 aliphatic rings. The lowest BCUT2D eigenvalue weighted by molar-refractivity contribution is 0.0953. The van der Waals surface area contributed by atoms with Gasteiger partial charge < -0.3 is 9.26 Å². The van der Waals surface area contributed by atoms with Gasteiger partial charge in [-0.1, -0.05) is 40.7 Å². The van der Waals surface area contributed by atoms with Crippen LogP contribution in [0.4, 0.5) is 4.39 Å². The predicted molar refractivity (Wildman–Crippen MR) is 119 cm³/mol. The van der Waals surface area contributed by atoms with Gasteiger partial charge in [-0.3, -0.25) is 4.57 Å². The Labute approximate surface area is 193 Å². The van der Waals surface area contributed by atoms with E-state index in [0.29, 0.717) is 45.6 Å². The zero-order valence-corrected chi connectivity index (χ0v) is 18.5. The summed E-state index contributed by atoms with van der Waals surface area (Å²) in [4.78, 5) is 4.46. The molecule has 0 radical (unpaired) electrons. The Hall–Kier alpha value is -2.75. The van der Waals surface area contributed by atoms with Crippen LogP contribution in [0.25, 0.3) is 22.8 Å². The lowest BCUT2D eigenvalue weighted by Gasteiger charge is -2.14. The van der Waals surface area contributed by atoms with Gasteiger partial charge in [0.05, 0.1) is 23.4 Å². The number of ether oxygens (including phenoxy) is 1. The van der Waals surface area contributed by atoms with E-state index in [1.54, 1.807) is 18.2 Å². The summed E-state index contributed by atoms with van der Waals surface area (Å²) < 4.78 is 26.6. The highest BCUT2D eigenvalue weighted by Gasteiger charge is 2.22. The van der Waals surface area contributed by atoms with Gasteiger partial charge in [0.25, 0.3) is 0 Å². The zero-order chi connectivity index (χ0) is 21.9. The minimum atomic E-state index is -0.292. The number of halogens is 2. The molecule has 0 unspecified atom stereocenters. The van der Waals surface area contributed by atoms with Crippen molar-refractivity contribution in [1.82, 2.24) is 24.9 Å². The molecule has 0 amide bonds. The lowest BCUT2D eigenvalue weighted by Crippen LogP contribution is -2.16. The summed E-state index contributed by atoms with van der Waals surface area (Å²) in [5.41, 5.74) is 1.51. The summed E-state index contributed by atoms with van der Waals surface area (Å²) in [5.74, 6) is 1.70. The smallest absolute Gasteiger partial charge is 0.237 e. The van der Waals surface area contributed by atoms with Crippen LogP contribution in [0, 0.1) is 5.82 Å². The van der Waals surface area contributed by atoms with Crippen molar-refractivity contribution in [2.45, 2.75) is 36.4 Å². The first kappa shape index (κ1) is 21.1. The summed E-state index contributed by atoms with van der Waals surface area (Å²) in [6, 6.07) is 13.6. The van der Waals surface area contributed by atoms with E-state index < -0.39 is 0 Å². The van der Waals surface area contributed by atoms with E-state index in [2.05, 4.69) is 20.3 Å². The van der Waals surface area contributed by atoms with Crippen molar-refractivity contribution >= 4 is 23.4 Å². The van der Waals surface area contributed by atoms with Crippen molar-refractivity contribution in [1.29, 1.82) is 0 Å². The van der Waals surface area contributed by atoms with Gasteiger partial charge in [0.15, 0.2) is 11.0 Å². The van der Waals surface area contributed by atoms with Crippen molar-refractivity contribution in [2.75, 3.05) is 6.61 Å². The monoisotopic (exact) mass is 471 g/mol. The molecule has 0 spiro atoms. The molecule has 164 valence electrons. The Morgan fingerprint density at radius 3 is 2.75 bits per heavy atom. The number of hydrogen-bond donors (Lipinski definition) is 0. The number of benzene rings is 2. The Morgan fingerprint density at radius 1 is 1.12 bits per heavy atom. The third-order valence-electron chi connectivity index (χ3n) is 5.14. The van der Waals surface area contributed by atoms with Gasteiger partial charge >= 0.3 is 0 Å². The molecule has 0 bridgehead atoms. The van der Waals surface area contributed by atoms with Crippen LogP contribution in [0.1, 0.15) is 18.7 Å². The van der Waals surface area contributed by atoms with Gasteiger partial charge in [0, 0.05) is 17.7 Å². The average molecular weight is 472 g/mol. The molecule has 7 nitrogen and oxygen atoms in total. The number of nitrogens with zero attached hydrogens (tertiary/aromatic N) is 5. The lowest BCUT2D eigenvalue weighted by atomic mass is 10.2. The zero-order valence-electron chi connectivity index (χ0n) is 16.9. The number of hydrogen-bond acceptors (Lipinski definition) is 7. The second-order valence-corrected chi connectivity index (χ2v) is 8.69. The number of rotatable bonds is 7. The number of aromatic nitrogens is 5. The van der Waals surface area contributed by atoms with E-state index in [4.69, 9.17) is 20.9 Å². The molecule has 4 aromatic rings. The van der Waals surface area contributed by atoms with Crippen molar-refractivity contribution in [3.63, 3.8) is 0 Å². The maximum Gasteiger partial charge on any atom is 0.237 e. The third kappa shape index (κ3) is 4.55. The van der Waals surface area contributed by atoms with E-state index in [1.807, 2.05) is 22.8 Å². The average Bonchev–Trinajstić information content (AvgIpc) is 3.56. The highest BCUT2D eigenvalue weighted by Crippen LogP contribution is 2.30. The van der Waals surface area contributed by atoms with Crippen LogP contribution < -0.4 is 0 Å². The summed E-state index contributed by atoms with van der Waals surface area (Å²) in [6.07, 6.45) is 2.11. The Balaban J connectivity index is 1.37. The first-order valence-corrected chi connectivity index (χ1v) is 11.5. The van der Waals surface area contributed by atoms with Crippen molar-refractivity contribution in [2.24, 2.45) is 0 Å². The molecule has 1 fully saturated rings. The maximum atomic E-state index is 13.4. The first-order chi connectivity index (χ1) is 15.7. The minimum Gasteiger partial charge on any atom is -0.376 e. The predicted octanol–water partition coefficient (Wildman–Crippen LogP) is 5.26. The number of thioether (sulfide) groups is 1. The normalized spacial score (nSPS) is 16.0. The molecular weight excluding hydrogens is 453 g/mol. The molecule has 1 aliphatic heterocycles. The fraction of sp³-hybridized carbons (Fsp3) is 0.273. The standard InChI is InChI=1S/C22H19ClFN5O2S/c23-18-6-2-1-5-17(18)20-25-19(31-28-20)13-32-22-27-26-21(14-7-9-15(24)10-8-14)29(22)12-16-4-3-11-30-16/h1-2,5-10,16H,3-4,11-13H2/t16-/m1/s1. The molecule has 5 rings (SSSR count). The molecule has 0 N–H and O–H groups in total. The Kier molecular flexibility index (Phi) is 6.20. The minimum absolute atomic E-state index is 0.0970. The molecule has 1 atom stereocenters. The van der Waals surface area contributed by atoms with Gasteiger partial charge in [-0.15, -0.1) is 10.2 Å². The van der Waals surface area contributed by atoms with Crippen LogP contribution in [-0.4, -0.2) is 37.6 Å². The largest absolute Gasteiger partial charge is 0.376 e. The van der Waals surface area contributed by atoms with Crippen molar-refractivity contribution < 1.29 is 13.7 Å². The van der Waals surface area contributed by atoms with Gasteiger partial charge in [-0.25, -0.2) is 4.39 Å². The summed E-state index contributed by atoms with van der Waals surface area (Å²) in [5, 5.41) is 14.0. The molecule has 0 aliphatic carbocycles. The van der Waals surface area contributed by atoms with Crippen LogP contribution in [0.2, 0.25) is 5.02 Å². The second-order valence-electron chi connectivity index (χ2n) is 7.34. The fourth-order valence-electron chi connectivity index (χ4n) is 3.56.